The summed E-state index contributed by atoms with van der Waals surface area (Å²) in [5.41, 5.74) is 6.73. The van der Waals surface area contributed by atoms with Crippen molar-refractivity contribution in [1.82, 2.24) is 14.9 Å². The van der Waals surface area contributed by atoms with Crippen LogP contribution >= 0.6 is 11.6 Å². The van der Waals surface area contributed by atoms with Gasteiger partial charge in [-0.15, -0.1) is 0 Å². The van der Waals surface area contributed by atoms with Crippen LogP contribution in [0.3, 0.4) is 0 Å². The van der Waals surface area contributed by atoms with E-state index in [1.807, 2.05) is 20.8 Å². The molecule has 154 valence electrons. The average Bonchev–Trinajstić information content (AvgIpc) is 2.96. The lowest BCUT2D eigenvalue weighted by Gasteiger charge is -2.18. The van der Waals surface area contributed by atoms with Crippen molar-refractivity contribution in [3.8, 4) is 0 Å². The van der Waals surface area contributed by atoms with Gasteiger partial charge >= 0.3 is 0 Å². The van der Waals surface area contributed by atoms with Crippen LogP contribution in [0.2, 0.25) is 5.15 Å². The summed E-state index contributed by atoms with van der Waals surface area (Å²) in [7, 11) is 0. The maximum Gasteiger partial charge on any atom is 0.294 e. The molecule has 2 aromatic rings. The summed E-state index contributed by atoms with van der Waals surface area (Å²) in [6.45, 7) is 6.59. The maximum atomic E-state index is 13.0. The highest BCUT2D eigenvalue weighted by atomic mass is 35.5. The predicted molar refractivity (Wildman–Crippen MR) is 114 cm³/mol. The standard InChI is InChI=1S/C20H25ClN6O2/c1-4-24-17-19(29)27-13(9-20(2,3)14(27)15(21)26-17)18(28)25-10-11-5-7-12(8-6-11)16(22)23/h5-8,13H,4,9-10H2,1-3H3,(H3,22,23)(H,24,26)(H,25,28)/t13-/m0/s1. The minimum atomic E-state index is -0.665. The number of nitrogens with zero attached hydrogens (tertiary/aromatic N) is 2. The highest BCUT2D eigenvalue weighted by molar-refractivity contribution is 6.30. The first kappa shape index (κ1) is 20.9. The van der Waals surface area contributed by atoms with Crippen molar-refractivity contribution >= 4 is 29.2 Å². The number of rotatable bonds is 6. The van der Waals surface area contributed by atoms with Crippen molar-refractivity contribution in [3.05, 3.63) is 56.6 Å². The first-order valence-corrected chi connectivity index (χ1v) is 9.81. The van der Waals surface area contributed by atoms with E-state index in [9.17, 15) is 9.59 Å². The van der Waals surface area contributed by atoms with Crippen LogP contribution in [0.5, 0.6) is 0 Å². The number of benzene rings is 1. The average molecular weight is 417 g/mol. The zero-order valence-corrected chi connectivity index (χ0v) is 17.4. The zero-order chi connectivity index (χ0) is 21.3. The molecule has 1 aliphatic heterocycles. The fourth-order valence-corrected chi connectivity index (χ4v) is 4.12. The van der Waals surface area contributed by atoms with Gasteiger partial charge in [-0.2, -0.15) is 0 Å². The number of hydrogen-bond acceptors (Lipinski definition) is 5. The largest absolute Gasteiger partial charge is 0.384 e. The Morgan fingerprint density at radius 3 is 2.62 bits per heavy atom. The molecule has 0 radical (unpaired) electrons. The van der Waals surface area contributed by atoms with E-state index in [0.717, 1.165) is 5.56 Å². The fraction of sp³-hybridized carbons (Fsp3) is 0.400. The molecule has 8 nitrogen and oxygen atoms in total. The summed E-state index contributed by atoms with van der Waals surface area (Å²) in [5, 5.41) is 13.5. The Hall–Kier alpha value is -2.87. The molecule has 1 aliphatic rings. The molecule has 5 N–H and O–H groups in total. The first-order chi connectivity index (χ1) is 13.7. The minimum absolute atomic E-state index is 0.00765. The lowest BCUT2D eigenvalue weighted by atomic mass is 9.87. The SMILES string of the molecule is CCNc1nc(Cl)c2n(c1=O)[C@H](C(=O)NCc1ccc(C(=N)N)cc1)CC2(C)C. The van der Waals surface area contributed by atoms with Crippen LogP contribution in [-0.4, -0.2) is 27.8 Å². The molecule has 2 heterocycles. The molecule has 29 heavy (non-hydrogen) atoms. The summed E-state index contributed by atoms with van der Waals surface area (Å²) in [6, 6.07) is 6.41. The highest BCUT2D eigenvalue weighted by Gasteiger charge is 2.43. The number of nitrogens with one attached hydrogen (secondary N) is 3. The van der Waals surface area contributed by atoms with Crippen LogP contribution < -0.4 is 21.9 Å². The van der Waals surface area contributed by atoms with Gasteiger partial charge in [0.25, 0.3) is 5.56 Å². The zero-order valence-electron chi connectivity index (χ0n) is 16.7. The number of carbonyl (C=O) groups is 1. The number of fused-ring (bicyclic) bond motifs is 1. The van der Waals surface area contributed by atoms with Crippen LogP contribution in [0, 0.1) is 5.41 Å². The number of nitrogen functional groups attached to an aromatic ring is 1. The minimum Gasteiger partial charge on any atom is -0.384 e. The third-order valence-electron chi connectivity index (χ3n) is 5.10. The number of anilines is 1. The van der Waals surface area contributed by atoms with Crippen LogP contribution in [0.15, 0.2) is 29.1 Å². The monoisotopic (exact) mass is 416 g/mol. The van der Waals surface area contributed by atoms with E-state index in [0.29, 0.717) is 30.8 Å². The Labute approximate surface area is 174 Å². The number of aromatic nitrogens is 2. The summed E-state index contributed by atoms with van der Waals surface area (Å²) in [4.78, 5) is 30.1. The van der Waals surface area contributed by atoms with Gasteiger partial charge < -0.3 is 16.4 Å². The molecule has 0 aliphatic carbocycles. The van der Waals surface area contributed by atoms with Crippen LogP contribution in [0.25, 0.3) is 0 Å². The predicted octanol–water partition coefficient (Wildman–Crippen LogP) is 2.15. The van der Waals surface area contributed by atoms with Crippen LogP contribution in [0.1, 0.15) is 50.1 Å². The Kier molecular flexibility index (Phi) is 5.66. The Bertz CT molecular complexity index is 1010. The second kappa shape index (κ2) is 7.87. The van der Waals surface area contributed by atoms with E-state index in [2.05, 4.69) is 15.6 Å². The first-order valence-electron chi connectivity index (χ1n) is 9.43. The van der Waals surface area contributed by atoms with Gasteiger partial charge in [-0.3, -0.25) is 19.6 Å². The molecule has 0 saturated heterocycles. The van der Waals surface area contributed by atoms with Crippen LogP contribution in [-0.2, 0) is 16.8 Å². The quantitative estimate of drug-likeness (QED) is 0.424. The Balaban J connectivity index is 1.86. The third-order valence-corrected chi connectivity index (χ3v) is 5.37. The van der Waals surface area contributed by atoms with Gasteiger partial charge in [0.1, 0.15) is 11.9 Å². The van der Waals surface area contributed by atoms with E-state index in [1.165, 1.54) is 4.57 Å². The normalized spacial score (nSPS) is 16.9. The molecule has 0 bridgehead atoms. The van der Waals surface area contributed by atoms with Gasteiger partial charge in [0, 0.05) is 24.1 Å². The summed E-state index contributed by atoms with van der Waals surface area (Å²) >= 11 is 6.38. The number of carbonyl (C=O) groups excluding carboxylic acids is 1. The van der Waals surface area contributed by atoms with E-state index < -0.39 is 11.5 Å². The molecule has 0 fully saturated rings. The molecule has 1 aromatic heterocycles. The van der Waals surface area contributed by atoms with E-state index in [1.54, 1.807) is 24.3 Å². The topological polar surface area (TPSA) is 126 Å². The maximum absolute atomic E-state index is 13.0. The lowest BCUT2D eigenvalue weighted by Crippen LogP contribution is -2.36. The second-order valence-electron chi connectivity index (χ2n) is 7.74. The summed E-state index contributed by atoms with van der Waals surface area (Å²) in [5.74, 6) is -0.109. The molecule has 1 aromatic carbocycles. The molecule has 1 atom stereocenters. The molecule has 1 amide bonds. The van der Waals surface area contributed by atoms with Crippen molar-refractivity contribution in [3.63, 3.8) is 0 Å². The van der Waals surface area contributed by atoms with Gasteiger partial charge in [-0.1, -0.05) is 49.7 Å². The van der Waals surface area contributed by atoms with Crippen LogP contribution in [0.4, 0.5) is 5.82 Å². The number of hydrogen-bond donors (Lipinski definition) is 4. The van der Waals surface area contributed by atoms with Gasteiger partial charge in [-0.25, -0.2) is 4.98 Å². The third kappa shape index (κ3) is 3.98. The van der Waals surface area contributed by atoms with Crippen molar-refractivity contribution in [2.45, 2.75) is 45.2 Å². The lowest BCUT2D eigenvalue weighted by molar-refractivity contribution is -0.124. The summed E-state index contributed by atoms with van der Waals surface area (Å²) < 4.78 is 1.47. The molecule has 9 heteroatoms. The molecular formula is C20H25ClN6O2. The molecular weight excluding hydrogens is 392 g/mol. The second-order valence-corrected chi connectivity index (χ2v) is 8.10. The Morgan fingerprint density at radius 1 is 1.38 bits per heavy atom. The Morgan fingerprint density at radius 2 is 2.03 bits per heavy atom. The highest BCUT2D eigenvalue weighted by Crippen LogP contribution is 2.42. The molecule has 0 spiro atoms. The fourth-order valence-electron chi connectivity index (χ4n) is 3.69. The number of amides is 1. The van der Waals surface area contributed by atoms with Crippen molar-refractivity contribution in [1.29, 1.82) is 5.41 Å². The number of amidine groups is 1. The van der Waals surface area contributed by atoms with Gasteiger partial charge in [0.2, 0.25) is 5.91 Å². The van der Waals surface area contributed by atoms with Crippen molar-refractivity contribution in [2.75, 3.05) is 11.9 Å². The number of nitrogens with two attached hydrogens (primary N) is 1. The molecule has 0 saturated carbocycles. The number of halogens is 1. The smallest absolute Gasteiger partial charge is 0.294 e. The molecule has 3 rings (SSSR count). The van der Waals surface area contributed by atoms with E-state index >= 15 is 0 Å². The molecule has 0 unspecified atom stereocenters. The van der Waals surface area contributed by atoms with Crippen molar-refractivity contribution < 1.29 is 4.79 Å². The van der Waals surface area contributed by atoms with Crippen molar-refractivity contribution in [2.24, 2.45) is 5.73 Å². The van der Waals surface area contributed by atoms with Gasteiger partial charge in [0.15, 0.2) is 11.0 Å². The van der Waals surface area contributed by atoms with E-state index in [4.69, 9.17) is 22.7 Å². The van der Waals surface area contributed by atoms with Gasteiger partial charge in [0.05, 0.1) is 5.69 Å². The van der Waals surface area contributed by atoms with E-state index in [-0.39, 0.29) is 28.3 Å². The van der Waals surface area contributed by atoms with Gasteiger partial charge in [-0.05, 0) is 18.9 Å². The summed E-state index contributed by atoms with van der Waals surface area (Å²) in [6.07, 6.45) is 0.453.